The first-order valence-corrected chi connectivity index (χ1v) is 5.87. The van der Waals surface area contributed by atoms with Crippen LogP contribution in [-0.4, -0.2) is 24.4 Å². The van der Waals surface area contributed by atoms with Crippen LogP contribution in [0.5, 0.6) is 0 Å². The van der Waals surface area contributed by atoms with Gasteiger partial charge in [0, 0.05) is 18.5 Å². The van der Waals surface area contributed by atoms with Gasteiger partial charge in [0.05, 0.1) is 12.0 Å². The Morgan fingerprint density at radius 1 is 1.75 bits per heavy atom. The van der Waals surface area contributed by atoms with Crippen LogP contribution in [0.1, 0.15) is 17.8 Å². The van der Waals surface area contributed by atoms with E-state index in [-0.39, 0.29) is 11.8 Å². The number of amides is 1. The highest BCUT2D eigenvalue weighted by molar-refractivity contribution is 7.10. The standard InChI is InChI=1S/C11H15N3OS/c1-8(6-12)7-14(2)11(15)10(13)9-4-3-5-16-9/h3-5,8,10H,7,13H2,1-2H3. The van der Waals surface area contributed by atoms with E-state index in [0.717, 1.165) is 4.88 Å². The van der Waals surface area contributed by atoms with Crippen molar-refractivity contribution in [3.8, 4) is 6.07 Å². The van der Waals surface area contributed by atoms with Gasteiger partial charge in [-0.05, 0) is 18.4 Å². The molecule has 0 spiro atoms. The SMILES string of the molecule is CC(C#N)CN(C)C(=O)C(N)c1cccs1. The van der Waals surface area contributed by atoms with E-state index in [1.165, 1.54) is 16.2 Å². The number of hydrogen-bond acceptors (Lipinski definition) is 4. The fraction of sp³-hybridized carbons (Fsp3) is 0.455. The molecule has 1 rings (SSSR count). The summed E-state index contributed by atoms with van der Waals surface area (Å²) in [6.45, 7) is 2.19. The predicted molar refractivity (Wildman–Crippen MR) is 63.7 cm³/mol. The van der Waals surface area contributed by atoms with Crippen LogP contribution in [0.15, 0.2) is 17.5 Å². The van der Waals surface area contributed by atoms with Gasteiger partial charge >= 0.3 is 0 Å². The van der Waals surface area contributed by atoms with E-state index in [9.17, 15) is 4.79 Å². The Labute approximate surface area is 99.3 Å². The number of nitrogens with two attached hydrogens (primary N) is 1. The Balaban J connectivity index is 2.61. The molecule has 16 heavy (non-hydrogen) atoms. The molecule has 0 aliphatic heterocycles. The average Bonchev–Trinajstić information content (AvgIpc) is 2.80. The Kier molecular flexibility index (Phi) is 4.47. The lowest BCUT2D eigenvalue weighted by Gasteiger charge is -2.21. The summed E-state index contributed by atoms with van der Waals surface area (Å²) in [4.78, 5) is 14.3. The highest BCUT2D eigenvalue weighted by atomic mass is 32.1. The van der Waals surface area contributed by atoms with Crippen LogP contribution < -0.4 is 5.73 Å². The molecule has 5 heteroatoms. The van der Waals surface area contributed by atoms with Crippen LogP contribution in [0.3, 0.4) is 0 Å². The number of nitrogens with zero attached hydrogens (tertiary/aromatic N) is 2. The summed E-state index contributed by atoms with van der Waals surface area (Å²) in [5, 5.41) is 10.6. The second-order valence-corrected chi connectivity index (χ2v) is 4.72. The maximum Gasteiger partial charge on any atom is 0.244 e. The van der Waals surface area contributed by atoms with Gasteiger partial charge in [0.1, 0.15) is 6.04 Å². The van der Waals surface area contributed by atoms with E-state index in [4.69, 9.17) is 11.0 Å². The minimum absolute atomic E-state index is 0.149. The minimum Gasteiger partial charge on any atom is -0.343 e. The summed E-state index contributed by atoms with van der Waals surface area (Å²) < 4.78 is 0. The molecule has 0 aromatic carbocycles. The summed E-state index contributed by atoms with van der Waals surface area (Å²) in [6, 6.07) is 5.19. The molecule has 0 fully saturated rings. The average molecular weight is 237 g/mol. The number of carbonyl (C=O) groups is 1. The molecule has 4 nitrogen and oxygen atoms in total. The first kappa shape index (κ1) is 12.7. The normalized spacial score (nSPS) is 13.9. The molecule has 0 aliphatic rings. The van der Waals surface area contributed by atoms with Crippen molar-refractivity contribution in [1.82, 2.24) is 4.90 Å². The van der Waals surface area contributed by atoms with E-state index < -0.39 is 6.04 Å². The number of rotatable bonds is 4. The van der Waals surface area contributed by atoms with Crippen molar-refractivity contribution in [3.63, 3.8) is 0 Å². The fourth-order valence-electron chi connectivity index (χ4n) is 1.37. The number of thiophene rings is 1. The third-order valence-electron chi connectivity index (χ3n) is 2.26. The molecule has 0 saturated heterocycles. The number of carbonyl (C=O) groups excluding carboxylic acids is 1. The molecular weight excluding hydrogens is 222 g/mol. The Morgan fingerprint density at radius 3 is 2.94 bits per heavy atom. The molecule has 86 valence electrons. The summed E-state index contributed by atoms with van der Waals surface area (Å²) in [6.07, 6.45) is 0. The van der Waals surface area contributed by atoms with E-state index in [1.54, 1.807) is 14.0 Å². The highest BCUT2D eigenvalue weighted by Gasteiger charge is 2.21. The van der Waals surface area contributed by atoms with Crippen molar-refractivity contribution in [2.45, 2.75) is 13.0 Å². The van der Waals surface area contributed by atoms with E-state index in [0.29, 0.717) is 6.54 Å². The monoisotopic (exact) mass is 237 g/mol. The molecule has 0 saturated carbocycles. The predicted octanol–water partition coefficient (Wildman–Crippen LogP) is 1.37. The molecule has 1 heterocycles. The van der Waals surface area contributed by atoms with E-state index in [2.05, 4.69) is 6.07 Å². The Hall–Kier alpha value is -1.38. The van der Waals surface area contributed by atoms with Crippen LogP contribution in [0.25, 0.3) is 0 Å². The maximum absolute atomic E-state index is 11.9. The van der Waals surface area contributed by atoms with Gasteiger partial charge in [-0.15, -0.1) is 11.3 Å². The molecule has 2 N–H and O–H groups in total. The molecular formula is C11H15N3OS. The van der Waals surface area contributed by atoms with Gasteiger partial charge in [-0.2, -0.15) is 5.26 Å². The lowest BCUT2D eigenvalue weighted by atomic mass is 10.1. The topological polar surface area (TPSA) is 70.1 Å². The zero-order valence-corrected chi connectivity index (χ0v) is 10.2. The zero-order chi connectivity index (χ0) is 12.1. The van der Waals surface area contributed by atoms with Crippen molar-refractivity contribution < 1.29 is 4.79 Å². The van der Waals surface area contributed by atoms with Gasteiger partial charge < -0.3 is 10.6 Å². The van der Waals surface area contributed by atoms with Crippen LogP contribution in [-0.2, 0) is 4.79 Å². The van der Waals surface area contributed by atoms with Gasteiger partial charge in [-0.1, -0.05) is 6.07 Å². The lowest BCUT2D eigenvalue weighted by molar-refractivity contribution is -0.131. The lowest BCUT2D eigenvalue weighted by Crippen LogP contribution is -2.37. The summed E-state index contributed by atoms with van der Waals surface area (Å²) in [7, 11) is 1.67. The fourth-order valence-corrected chi connectivity index (χ4v) is 2.09. The molecule has 2 atom stereocenters. The quantitative estimate of drug-likeness (QED) is 0.859. The number of nitriles is 1. The summed E-state index contributed by atoms with van der Waals surface area (Å²) in [5.74, 6) is -0.325. The summed E-state index contributed by atoms with van der Waals surface area (Å²) in [5.41, 5.74) is 5.84. The van der Waals surface area contributed by atoms with E-state index >= 15 is 0 Å². The van der Waals surface area contributed by atoms with Crippen LogP contribution >= 0.6 is 11.3 Å². The second kappa shape index (κ2) is 5.64. The molecule has 0 aliphatic carbocycles. The van der Waals surface area contributed by atoms with E-state index in [1.807, 2.05) is 17.5 Å². The molecule has 0 bridgehead atoms. The van der Waals surface area contributed by atoms with Crippen LogP contribution in [0.2, 0.25) is 0 Å². The first-order valence-electron chi connectivity index (χ1n) is 4.99. The largest absolute Gasteiger partial charge is 0.343 e. The van der Waals surface area contributed by atoms with Crippen molar-refractivity contribution in [2.24, 2.45) is 11.7 Å². The minimum atomic E-state index is -0.615. The number of likely N-dealkylation sites (N-methyl/N-ethyl adjacent to an activating group) is 1. The zero-order valence-electron chi connectivity index (χ0n) is 9.38. The number of hydrogen-bond donors (Lipinski definition) is 1. The third-order valence-corrected chi connectivity index (χ3v) is 3.22. The second-order valence-electron chi connectivity index (χ2n) is 3.74. The molecule has 0 radical (unpaired) electrons. The molecule has 1 amide bonds. The van der Waals surface area contributed by atoms with Gasteiger partial charge in [0.15, 0.2) is 0 Å². The van der Waals surface area contributed by atoms with Gasteiger partial charge in [0.25, 0.3) is 0 Å². The smallest absolute Gasteiger partial charge is 0.244 e. The van der Waals surface area contributed by atoms with Crippen molar-refractivity contribution >= 4 is 17.2 Å². The van der Waals surface area contributed by atoms with Crippen molar-refractivity contribution in [2.75, 3.05) is 13.6 Å². The van der Waals surface area contributed by atoms with Crippen molar-refractivity contribution in [3.05, 3.63) is 22.4 Å². The Morgan fingerprint density at radius 2 is 2.44 bits per heavy atom. The van der Waals surface area contributed by atoms with Gasteiger partial charge in [-0.25, -0.2) is 0 Å². The maximum atomic E-state index is 11.9. The van der Waals surface area contributed by atoms with Gasteiger partial charge in [-0.3, -0.25) is 4.79 Å². The highest BCUT2D eigenvalue weighted by Crippen LogP contribution is 2.18. The third kappa shape index (κ3) is 3.05. The molecule has 1 aromatic rings. The van der Waals surface area contributed by atoms with Crippen LogP contribution in [0.4, 0.5) is 0 Å². The first-order chi connectivity index (χ1) is 7.56. The molecule has 1 aromatic heterocycles. The van der Waals surface area contributed by atoms with Crippen LogP contribution in [0, 0.1) is 17.2 Å². The molecule has 2 unspecified atom stereocenters. The van der Waals surface area contributed by atoms with Gasteiger partial charge in [0.2, 0.25) is 5.91 Å². The summed E-state index contributed by atoms with van der Waals surface area (Å²) >= 11 is 1.46. The van der Waals surface area contributed by atoms with Crippen molar-refractivity contribution in [1.29, 1.82) is 5.26 Å². The Bertz CT molecular complexity index is 382.